The third-order valence-electron chi connectivity index (χ3n) is 2.90. The van der Waals surface area contributed by atoms with Gasteiger partial charge in [0.2, 0.25) is 0 Å². The summed E-state index contributed by atoms with van der Waals surface area (Å²) < 4.78 is 4.61. The average molecular weight is 286 g/mol. The van der Waals surface area contributed by atoms with Gasteiger partial charge in [0.1, 0.15) is 5.69 Å². The molecule has 108 valence electrons. The fraction of sp³-hybridized carbons (Fsp3) is 0.133. The Morgan fingerprint density at radius 3 is 2.52 bits per heavy atom. The number of hydrogen-bond acceptors (Lipinski definition) is 5. The fourth-order valence-electron chi connectivity index (χ4n) is 1.87. The van der Waals surface area contributed by atoms with Gasteiger partial charge in [-0.25, -0.2) is 14.6 Å². The van der Waals surface area contributed by atoms with E-state index in [1.807, 2.05) is 0 Å². The summed E-state index contributed by atoms with van der Waals surface area (Å²) in [6.07, 6.45) is 1.49. The molecule has 6 nitrogen and oxygen atoms in total. The maximum Gasteiger partial charge on any atom is 0.356 e. The Kier molecular flexibility index (Phi) is 4.18. The molecule has 0 fully saturated rings. The molecule has 1 aromatic carbocycles. The second kappa shape index (κ2) is 6.04. The lowest BCUT2D eigenvalue weighted by atomic mass is 10.1. The lowest BCUT2D eigenvalue weighted by Crippen LogP contribution is -2.05. The van der Waals surface area contributed by atoms with Gasteiger partial charge in [0.25, 0.3) is 0 Å². The third kappa shape index (κ3) is 3.36. The molecule has 2 rings (SSSR count). The van der Waals surface area contributed by atoms with E-state index >= 15 is 0 Å². The summed E-state index contributed by atoms with van der Waals surface area (Å²) in [5.74, 6) is -1.48. The Bertz CT molecular complexity index is 698. The Morgan fingerprint density at radius 1 is 1.19 bits per heavy atom. The zero-order chi connectivity index (χ0) is 15.4. The highest BCUT2D eigenvalue weighted by Crippen LogP contribution is 2.20. The molecule has 0 unspecified atom stereocenters. The molecule has 0 saturated heterocycles. The first-order valence-corrected chi connectivity index (χ1v) is 6.16. The lowest BCUT2D eigenvalue weighted by molar-refractivity contribution is 0.0593. The van der Waals surface area contributed by atoms with Crippen molar-refractivity contribution in [3.63, 3.8) is 0 Å². The molecule has 0 aliphatic heterocycles. The zero-order valence-corrected chi connectivity index (χ0v) is 11.6. The number of ether oxygens (including phenoxy) is 1. The number of carbonyl (C=O) groups excluding carboxylic acids is 1. The smallest absolute Gasteiger partial charge is 0.356 e. The number of aromatic nitrogens is 1. The molecule has 1 aromatic heterocycles. The van der Waals surface area contributed by atoms with Crippen LogP contribution in [0.25, 0.3) is 0 Å². The molecule has 2 aromatic rings. The number of nitrogens with one attached hydrogen (secondary N) is 1. The van der Waals surface area contributed by atoms with Gasteiger partial charge in [0.15, 0.2) is 0 Å². The Labute approximate surface area is 121 Å². The molecule has 0 bridgehead atoms. The van der Waals surface area contributed by atoms with E-state index in [1.165, 1.54) is 19.4 Å². The largest absolute Gasteiger partial charge is 0.478 e. The number of carboxylic acid groups (broad SMARTS) is 1. The highest BCUT2D eigenvalue weighted by molar-refractivity contribution is 5.90. The van der Waals surface area contributed by atoms with Gasteiger partial charge in [0.05, 0.1) is 12.7 Å². The average Bonchev–Trinajstić information content (AvgIpc) is 2.46. The van der Waals surface area contributed by atoms with E-state index in [9.17, 15) is 9.59 Å². The SMILES string of the molecule is COC(=O)c1cc(Nc2ccc(C(=O)O)c(C)c2)ccn1. The molecule has 6 heteroatoms. The van der Waals surface area contributed by atoms with Crippen molar-refractivity contribution in [2.45, 2.75) is 6.92 Å². The van der Waals surface area contributed by atoms with Crippen LogP contribution in [0.1, 0.15) is 26.4 Å². The van der Waals surface area contributed by atoms with Crippen molar-refractivity contribution >= 4 is 23.3 Å². The van der Waals surface area contributed by atoms with Crippen molar-refractivity contribution in [2.24, 2.45) is 0 Å². The van der Waals surface area contributed by atoms with E-state index in [0.717, 1.165) is 5.69 Å². The van der Waals surface area contributed by atoms with Crippen LogP contribution in [0.15, 0.2) is 36.5 Å². The van der Waals surface area contributed by atoms with E-state index in [1.54, 1.807) is 31.2 Å². The first-order chi connectivity index (χ1) is 10.0. The van der Waals surface area contributed by atoms with Crippen molar-refractivity contribution < 1.29 is 19.4 Å². The van der Waals surface area contributed by atoms with Crippen molar-refractivity contribution in [3.8, 4) is 0 Å². The topological polar surface area (TPSA) is 88.5 Å². The van der Waals surface area contributed by atoms with Crippen LogP contribution in [0.3, 0.4) is 0 Å². The van der Waals surface area contributed by atoms with E-state index in [-0.39, 0.29) is 11.3 Å². The van der Waals surface area contributed by atoms with Crippen LogP contribution in [0.5, 0.6) is 0 Å². The maximum atomic E-state index is 11.4. The quantitative estimate of drug-likeness (QED) is 0.840. The highest BCUT2D eigenvalue weighted by Gasteiger charge is 2.09. The number of rotatable bonds is 4. The van der Waals surface area contributed by atoms with Crippen LogP contribution in [0, 0.1) is 6.92 Å². The molecule has 0 aliphatic rings. The zero-order valence-electron chi connectivity index (χ0n) is 11.6. The third-order valence-corrected chi connectivity index (χ3v) is 2.90. The number of aryl methyl sites for hydroxylation is 1. The van der Waals surface area contributed by atoms with Crippen molar-refractivity contribution in [2.75, 3.05) is 12.4 Å². The number of carboxylic acids is 1. The second-order valence-corrected chi connectivity index (χ2v) is 4.38. The van der Waals surface area contributed by atoms with Crippen molar-refractivity contribution in [1.82, 2.24) is 4.98 Å². The Balaban J connectivity index is 2.24. The van der Waals surface area contributed by atoms with Gasteiger partial charge in [-0.3, -0.25) is 0 Å². The molecule has 0 atom stereocenters. The van der Waals surface area contributed by atoms with E-state index < -0.39 is 11.9 Å². The van der Waals surface area contributed by atoms with Gasteiger partial charge in [-0.2, -0.15) is 0 Å². The minimum absolute atomic E-state index is 0.196. The van der Waals surface area contributed by atoms with Crippen molar-refractivity contribution in [3.05, 3.63) is 53.3 Å². The molecular formula is C15H14N2O4. The molecule has 21 heavy (non-hydrogen) atoms. The maximum absolute atomic E-state index is 11.4. The van der Waals surface area contributed by atoms with Gasteiger partial charge in [-0.15, -0.1) is 0 Å². The van der Waals surface area contributed by atoms with Crippen LogP contribution in [0.2, 0.25) is 0 Å². The van der Waals surface area contributed by atoms with Crippen molar-refractivity contribution in [1.29, 1.82) is 0 Å². The van der Waals surface area contributed by atoms with E-state index in [2.05, 4.69) is 15.0 Å². The summed E-state index contributed by atoms with van der Waals surface area (Å²) in [6.45, 7) is 1.72. The Morgan fingerprint density at radius 2 is 1.90 bits per heavy atom. The summed E-state index contributed by atoms with van der Waals surface area (Å²) in [7, 11) is 1.29. The number of carbonyl (C=O) groups is 2. The molecule has 0 saturated carbocycles. The minimum atomic E-state index is -0.962. The number of hydrogen-bond donors (Lipinski definition) is 2. The molecule has 1 heterocycles. The van der Waals surface area contributed by atoms with Crippen LogP contribution < -0.4 is 5.32 Å². The first kappa shape index (κ1) is 14.5. The number of nitrogens with zero attached hydrogens (tertiary/aromatic N) is 1. The number of aromatic carboxylic acids is 1. The lowest BCUT2D eigenvalue weighted by Gasteiger charge is -2.09. The predicted molar refractivity (Wildman–Crippen MR) is 77.0 cm³/mol. The highest BCUT2D eigenvalue weighted by atomic mass is 16.5. The molecular weight excluding hydrogens is 272 g/mol. The monoisotopic (exact) mass is 286 g/mol. The fourth-order valence-corrected chi connectivity index (χ4v) is 1.87. The minimum Gasteiger partial charge on any atom is -0.478 e. The summed E-state index contributed by atoms with van der Waals surface area (Å²) in [5, 5.41) is 12.1. The first-order valence-electron chi connectivity index (χ1n) is 6.16. The normalized spacial score (nSPS) is 10.0. The van der Waals surface area contributed by atoms with Gasteiger partial charge in [-0.05, 0) is 42.8 Å². The Hall–Kier alpha value is -2.89. The molecule has 0 spiro atoms. The molecule has 0 amide bonds. The number of pyridine rings is 1. The van der Waals surface area contributed by atoms with E-state index in [0.29, 0.717) is 11.3 Å². The summed E-state index contributed by atoms with van der Waals surface area (Å²) in [5.41, 5.74) is 2.48. The number of anilines is 2. The van der Waals surface area contributed by atoms with Crippen LogP contribution >= 0.6 is 0 Å². The number of methoxy groups -OCH3 is 1. The van der Waals surface area contributed by atoms with Crippen LogP contribution in [-0.2, 0) is 4.74 Å². The molecule has 0 aliphatic carbocycles. The standard InChI is InChI=1S/C15H14N2O4/c1-9-7-10(3-4-12(9)14(18)19)17-11-5-6-16-13(8-11)15(20)21-2/h3-8H,1-2H3,(H,16,17)(H,18,19). The van der Waals surface area contributed by atoms with Crippen LogP contribution in [0.4, 0.5) is 11.4 Å². The number of benzene rings is 1. The van der Waals surface area contributed by atoms with Gasteiger partial charge < -0.3 is 15.2 Å². The molecule has 2 N–H and O–H groups in total. The van der Waals surface area contributed by atoms with Crippen LogP contribution in [-0.4, -0.2) is 29.1 Å². The second-order valence-electron chi connectivity index (χ2n) is 4.38. The molecule has 0 radical (unpaired) electrons. The summed E-state index contributed by atoms with van der Waals surface area (Å²) in [4.78, 5) is 26.3. The predicted octanol–water partition coefficient (Wildman–Crippen LogP) is 2.62. The summed E-state index contributed by atoms with van der Waals surface area (Å²) >= 11 is 0. The summed E-state index contributed by atoms with van der Waals surface area (Å²) in [6, 6.07) is 8.18. The van der Waals surface area contributed by atoms with E-state index in [4.69, 9.17) is 5.11 Å². The van der Waals surface area contributed by atoms with Gasteiger partial charge in [-0.1, -0.05) is 0 Å². The number of esters is 1. The van der Waals surface area contributed by atoms with Gasteiger partial charge in [0, 0.05) is 17.6 Å². The van der Waals surface area contributed by atoms with Gasteiger partial charge >= 0.3 is 11.9 Å².